The normalized spacial score (nSPS) is 24.4. The lowest BCUT2D eigenvalue weighted by atomic mass is 10.1. The number of benzene rings is 1. The van der Waals surface area contributed by atoms with E-state index in [-0.39, 0.29) is 11.9 Å². The van der Waals surface area contributed by atoms with Crippen LogP contribution in [0, 0.1) is 0 Å². The van der Waals surface area contributed by atoms with Gasteiger partial charge in [-0.25, -0.2) is 8.42 Å². The maximum absolute atomic E-state index is 12.7. The van der Waals surface area contributed by atoms with Crippen molar-refractivity contribution in [3.05, 3.63) is 28.7 Å². The molecule has 2 aliphatic rings. The molecule has 24 heavy (non-hydrogen) atoms. The van der Waals surface area contributed by atoms with Crippen LogP contribution in [0.25, 0.3) is 0 Å². The van der Waals surface area contributed by atoms with Crippen LogP contribution < -0.4 is 5.32 Å². The summed E-state index contributed by atoms with van der Waals surface area (Å²) in [5.74, 6) is 0.0803. The third-order valence-electron chi connectivity index (χ3n) is 4.67. The summed E-state index contributed by atoms with van der Waals surface area (Å²) in [6, 6.07) is 6.58. The van der Waals surface area contributed by atoms with Gasteiger partial charge in [-0.2, -0.15) is 4.31 Å². The van der Waals surface area contributed by atoms with E-state index in [9.17, 15) is 13.2 Å². The van der Waals surface area contributed by atoms with Crippen molar-refractivity contribution in [2.75, 3.05) is 32.7 Å². The molecule has 1 aromatic rings. The molecule has 1 aromatic carbocycles. The molecule has 8 heteroatoms. The second-order valence-corrected chi connectivity index (χ2v) is 9.05. The quantitative estimate of drug-likeness (QED) is 0.810. The molecule has 1 unspecified atom stereocenters. The van der Waals surface area contributed by atoms with Crippen LogP contribution in [0.2, 0.25) is 0 Å². The van der Waals surface area contributed by atoms with Crippen molar-refractivity contribution in [3.8, 4) is 0 Å². The van der Waals surface area contributed by atoms with E-state index >= 15 is 0 Å². The van der Waals surface area contributed by atoms with Gasteiger partial charge >= 0.3 is 0 Å². The summed E-state index contributed by atoms with van der Waals surface area (Å²) in [6.07, 6.45) is 2.90. The van der Waals surface area contributed by atoms with Crippen molar-refractivity contribution >= 4 is 31.9 Å². The number of nitrogens with zero attached hydrogens (tertiary/aromatic N) is 2. The Hall–Kier alpha value is -0.960. The maximum atomic E-state index is 12.7. The molecule has 1 atom stereocenters. The van der Waals surface area contributed by atoms with E-state index in [0.717, 1.165) is 30.3 Å². The molecule has 0 aliphatic carbocycles. The fourth-order valence-corrected chi connectivity index (χ4v) is 4.97. The number of carbonyl (C=O) groups excluding carboxylic acids is 1. The Balaban J connectivity index is 1.66. The first-order valence-corrected chi connectivity index (χ1v) is 10.5. The van der Waals surface area contributed by atoms with E-state index in [1.807, 2.05) is 0 Å². The Kier molecular flexibility index (Phi) is 5.59. The van der Waals surface area contributed by atoms with Crippen molar-refractivity contribution in [2.24, 2.45) is 0 Å². The molecule has 1 N–H and O–H groups in total. The molecule has 2 aliphatic heterocycles. The Morgan fingerprint density at radius 1 is 1.04 bits per heavy atom. The van der Waals surface area contributed by atoms with Crippen LogP contribution in [0.15, 0.2) is 33.6 Å². The molecule has 0 aromatic heterocycles. The van der Waals surface area contributed by atoms with Gasteiger partial charge in [-0.05, 0) is 43.5 Å². The number of halogens is 1. The van der Waals surface area contributed by atoms with Crippen LogP contribution in [0.1, 0.15) is 19.3 Å². The van der Waals surface area contributed by atoms with Gasteiger partial charge in [-0.3, -0.25) is 9.69 Å². The highest BCUT2D eigenvalue weighted by Crippen LogP contribution is 2.22. The second-order valence-electron chi connectivity index (χ2n) is 6.20. The molecule has 0 bridgehead atoms. The summed E-state index contributed by atoms with van der Waals surface area (Å²) < 4.78 is 27.8. The first kappa shape index (κ1) is 17.8. The van der Waals surface area contributed by atoms with Gasteiger partial charge in [-0.1, -0.05) is 15.9 Å². The largest absolute Gasteiger partial charge is 0.355 e. The number of amides is 1. The zero-order valence-corrected chi connectivity index (χ0v) is 15.9. The topological polar surface area (TPSA) is 69.7 Å². The molecule has 6 nitrogen and oxygen atoms in total. The van der Waals surface area contributed by atoms with E-state index < -0.39 is 10.0 Å². The smallest absolute Gasteiger partial charge is 0.243 e. The predicted molar refractivity (Wildman–Crippen MR) is 95.1 cm³/mol. The molecule has 2 fully saturated rings. The monoisotopic (exact) mass is 415 g/mol. The first-order chi connectivity index (χ1) is 11.5. The van der Waals surface area contributed by atoms with Crippen LogP contribution in [-0.2, 0) is 14.8 Å². The molecule has 1 amide bonds. The Morgan fingerprint density at radius 2 is 1.71 bits per heavy atom. The van der Waals surface area contributed by atoms with E-state index in [2.05, 4.69) is 26.1 Å². The summed E-state index contributed by atoms with van der Waals surface area (Å²) in [7, 11) is -3.47. The highest BCUT2D eigenvalue weighted by molar-refractivity contribution is 9.10. The van der Waals surface area contributed by atoms with Gasteiger partial charge in [0.05, 0.1) is 10.9 Å². The highest BCUT2D eigenvalue weighted by Gasteiger charge is 2.33. The molecule has 3 rings (SSSR count). The molecule has 0 saturated carbocycles. The minimum absolute atomic E-state index is 0.0803. The van der Waals surface area contributed by atoms with Crippen LogP contribution >= 0.6 is 15.9 Å². The van der Waals surface area contributed by atoms with Gasteiger partial charge < -0.3 is 5.32 Å². The Bertz CT molecular complexity index is 685. The number of nitrogens with one attached hydrogen (secondary N) is 1. The summed E-state index contributed by atoms with van der Waals surface area (Å²) in [5.41, 5.74) is 0. The standard InChI is InChI=1S/C16H22BrN3O3S/c17-13-4-6-14(7-5-13)24(22,23)20-11-9-19(10-12-20)15-3-1-2-8-18-16(15)21/h4-7,15H,1-3,8-12H2,(H,18,21). The second kappa shape index (κ2) is 7.51. The summed E-state index contributed by atoms with van der Waals surface area (Å²) >= 11 is 3.32. The highest BCUT2D eigenvalue weighted by atomic mass is 79.9. The van der Waals surface area contributed by atoms with Gasteiger partial charge in [0.1, 0.15) is 0 Å². The van der Waals surface area contributed by atoms with E-state index in [1.165, 1.54) is 4.31 Å². The number of sulfonamides is 1. The SMILES string of the molecule is O=C1NCCCCC1N1CCN(S(=O)(=O)c2ccc(Br)cc2)CC1. The van der Waals surface area contributed by atoms with Crippen LogP contribution in [-0.4, -0.2) is 62.3 Å². The third kappa shape index (κ3) is 3.82. The van der Waals surface area contributed by atoms with Crippen molar-refractivity contribution in [3.63, 3.8) is 0 Å². The average Bonchev–Trinajstić information content (AvgIpc) is 2.80. The van der Waals surface area contributed by atoms with Crippen LogP contribution in [0.4, 0.5) is 0 Å². The van der Waals surface area contributed by atoms with Crippen LogP contribution in [0.3, 0.4) is 0 Å². The van der Waals surface area contributed by atoms with Gasteiger partial charge in [0, 0.05) is 37.2 Å². The molecule has 132 valence electrons. The fraction of sp³-hybridized carbons (Fsp3) is 0.562. The number of carbonyl (C=O) groups is 1. The van der Waals surface area contributed by atoms with E-state index in [0.29, 0.717) is 31.1 Å². The molecule has 2 saturated heterocycles. The third-order valence-corrected chi connectivity index (χ3v) is 7.11. The fourth-order valence-electron chi connectivity index (χ4n) is 3.28. The number of rotatable bonds is 3. The zero-order valence-electron chi connectivity index (χ0n) is 13.4. The minimum Gasteiger partial charge on any atom is -0.355 e. The molecular weight excluding hydrogens is 394 g/mol. The average molecular weight is 416 g/mol. The molecule has 2 heterocycles. The lowest BCUT2D eigenvalue weighted by Gasteiger charge is -2.37. The van der Waals surface area contributed by atoms with Gasteiger partial charge in [0.2, 0.25) is 15.9 Å². The predicted octanol–water partition coefficient (Wildman–Crippen LogP) is 1.42. The lowest BCUT2D eigenvalue weighted by molar-refractivity contribution is -0.126. The lowest BCUT2D eigenvalue weighted by Crippen LogP contribution is -2.55. The maximum Gasteiger partial charge on any atom is 0.243 e. The Morgan fingerprint density at radius 3 is 2.38 bits per heavy atom. The van der Waals surface area contributed by atoms with Gasteiger partial charge in [0.25, 0.3) is 0 Å². The molecule has 0 spiro atoms. The zero-order chi connectivity index (χ0) is 17.2. The Labute approximate surface area is 151 Å². The molecular formula is C16H22BrN3O3S. The van der Waals surface area contributed by atoms with E-state index in [4.69, 9.17) is 0 Å². The number of hydrogen-bond acceptors (Lipinski definition) is 4. The summed E-state index contributed by atoms with van der Waals surface area (Å²) in [4.78, 5) is 14.6. The summed E-state index contributed by atoms with van der Waals surface area (Å²) in [5, 5.41) is 2.95. The number of piperazine rings is 1. The van der Waals surface area contributed by atoms with Crippen molar-refractivity contribution < 1.29 is 13.2 Å². The van der Waals surface area contributed by atoms with Gasteiger partial charge in [-0.15, -0.1) is 0 Å². The van der Waals surface area contributed by atoms with Crippen molar-refractivity contribution in [1.82, 2.24) is 14.5 Å². The van der Waals surface area contributed by atoms with Crippen LogP contribution in [0.5, 0.6) is 0 Å². The van der Waals surface area contributed by atoms with Crippen molar-refractivity contribution in [1.29, 1.82) is 0 Å². The number of hydrogen-bond donors (Lipinski definition) is 1. The minimum atomic E-state index is -3.47. The van der Waals surface area contributed by atoms with Crippen molar-refractivity contribution in [2.45, 2.75) is 30.2 Å². The molecule has 0 radical (unpaired) electrons. The van der Waals surface area contributed by atoms with E-state index in [1.54, 1.807) is 24.3 Å². The first-order valence-electron chi connectivity index (χ1n) is 8.26. The van der Waals surface area contributed by atoms with Gasteiger partial charge in [0.15, 0.2) is 0 Å². The summed E-state index contributed by atoms with van der Waals surface area (Å²) in [6.45, 7) is 2.76.